The number of hydrogen-bond donors (Lipinski definition) is 0. The van der Waals surface area contributed by atoms with E-state index in [1.165, 1.54) is 11.8 Å². The summed E-state index contributed by atoms with van der Waals surface area (Å²) in [6.07, 6.45) is 0. The van der Waals surface area contributed by atoms with Crippen molar-refractivity contribution in [2.75, 3.05) is 5.75 Å². The van der Waals surface area contributed by atoms with Gasteiger partial charge in [-0.2, -0.15) is 0 Å². The zero-order chi connectivity index (χ0) is 6.15. The molecule has 3 heteroatoms. The predicted octanol–water partition coefficient (Wildman–Crippen LogP) is 1.27. The van der Waals surface area contributed by atoms with Gasteiger partial charge in [-0.25, -0.2) is 0 Å². The minimum Gasteiger partial charge on any atom is -0.298 e. The highest BCUT2D eigenvalue weighted by Gasteiger charge is 2.25. The molecule has 0 aromatic heterocycles. The molecule has 1 unspecified atom stereocenters. The van der Waals surface area contributed by atoms with Gasteiger partial charge in [0, 0.05) is 0 Å². The molecule has 0 aromatic carbocycles. The smallest absolute Gasteiger partial charge is 0.151 e. The molecule has 1 rings (SSSR count). The molecule has 1 saturated heterocycles. The second-order valence-corrected chi connectivity index (χ2v) is 3.51. The highest BCUT2D eigenvalue weighted by molar-refractivity contribution is 8.24. The SMILES string of the molecule is CC1C(=O)CSC1=S. The van der Waals surface area contributed by atoms with E-state index in [1.807, 2.05) is 6.92 Å². The van der Waals surface area contributed by atoms with Gasteiger partial charge >= 0.3 is 0 Å². The van der Waals surface area contributed by atoms with Gasteiger partial charge in [-0.3, -0.25) is 4.79 Å². The van der Waals surface area contributed by atoms with Crippen LogP contribution in [-0.2, 0) is 4.79 Å². The van der Waals surface area contributed by atoms with Gasteiger partial charge < -0.3 is 0 Å². The van der Waals surface area contributed by atoms with Crippen LogP contribution in [0.1, 0.15) is 6.92 Å². The largest absolute Gasteiger partial charge is 0.298 e. The Morgan fingerprint density at radius 2 is 2.50 bits per heavy atom. The molecule has 1 aliphatic heterocycles. The van der Waals surface area contributed by atoms with E-state index >= 15 is 0 Å². The number of rotatable bonds is 0. The van der Waals surface area contributed by atoms with Gasteiger partial charge in [0.2, 0.25) is 0 Å². The van der Waals surface area contributed by atoms with Gasteiger partial charge in [0.1, 0.15) is 0 Å². The Labute approximate surface area is 57.8 Å². The third-order valence-electron chi connectivity index (χ3n) is 1.19. The maximum atomic E-state index is 10.7. The summed E-state index contributed by atoms with van der Waals surface area (Å²) in [5, 5.41) is 0. The van der Waals surface area contributed by atoms with Crippen molar-refractivity contribution in [3.8, 4) is 0 Å². The lowest BCUT2D eigenvalue weighted by Gasteiger charge is -1.92. The maximum absolute atomic E-state index is 10.7. The van der Waals surface area contributed by atoms with E-state index in [0.717, 1.165) is 4.20 Å². The van der Waals surface area contributed by atoms with Crippen molar-refractivity contribution < 1.29 is 4.79 Å². The first kappa shape index (κ1) is 6.23. The van der Waals surface area contributed by atoms with E-state index in [9.17, 15) is 4.79 Å². The highest BCUT2D eigenvalue weighted by atomic mass is 32.2. The zero-order valence-corrected chi connectivity index (χ0v) is 6.14. The lowest BCUT2D eigenvalue weighted by Crippen LogP contribution is -2.07. The third kappa shape index (κ3) is 0.928. The fourth-order valence-electron chi connectivity index (χ4n) is 0.524. The number of carbonyl (C=O) groups excluding carboxylic acids is 1. The molecule has 1 fully saturated rings. The predicted molar refractivity (Wildman–Crippen MR) is 39.2 cm³/mol. The quantitative estimate of drug-likeness (QED) is 0.479. The molecular weight excluding hydrogens is 140 g/mol. The minimum atomic E-state index is 0.0370. The second kappa shape index (κ2) is 2.15. The van der Waals surface area contributed by atoms with Gasteiger partial charge in [-0.15, -0.1) is 11.8 Å². The van der Waals surface area contributed by atoms with Crippen molar-refractivity contribution in [1.29, 1.82) is 0 Å². The van der Waals surface area contributed by atoms with Crippen molar-refractivity contribution in [1.82, 2.24) is 0 Å². The normalized spacial score (nSPS) is 29.4. The van der Waals surface area contributed by atoms with Gasteiger partial charge in [0.15, 0.2) is 5.78 Å². The lowest BCUT2D eigenvalue weighted by atomic mass is 10.1. The van der Waals surface area contributed by atoms with Gasteiger partial charge in [-0.05, 0) is 0 Å². The zero-order valence-electron chi connectivity index (χ0n) is 4.51. The van der Waals surface area contributed by atoms with Crippen molar-refractivity contribution in [3.05, 3.63) is 0 Å². The molecular formula is C5H6OS2. The number of ketones is 1. The van der Waals surface area contributed by atoms with E-state index in [0.29, 0.717) is 5.75 Å². The fourth-order valence-corrected chi connectivity index (χ4v) is 1.75. The monoisotopic (exact) mass is 146 g/mol. The minimum absolute atomic E-state index is 0.0370. The first-order chi connectivity index (χ1) is 3.72. The molecule has 44 valence electrons. The summed E-state index contributed by atoms with van der Waals surface area (Å²) >= 11 is 6.36. The fraction of sp³-hybridized carbons (Fsp3) is 0.600. The van der Waals surface area contributed by atoms with Crippen LogP contribution in [0.25, 0.3) is 0 Å². The third-order valence-corrected chi connectivity index (χ3v) is 2.97. The molecule has 1 heterocycles. The molecule has 1 nitrogen and oxygen atoms in total. The molecule has 0 saturated carbocycles. The summed E-state index contributed by atoms with van der Waals surface area (Å²) in [5.41, 5.74) is 0. The van der Waals surface area contributed by atoms with Crippen LogP contribution in [0.15, 0.2) is 0 Å². The molecule has 0 aliphatic carbocycles. The Morgan fingerprint density at radius 3 is 2.62 bits per heavy atom. The van der Waals surface area contributed by atoms with Crippen LogP contribution in [0.3, 0.4) is 0 Å². The Morgan fingerprint density at radius 1 is 1.88 bits per heavy atom. The molecule has 0 N–H and O–H groups in total. The highest BCUT2D eigenvalue weighted by Crippen LogP contribution is 2.23. The number of hydrogen-bond acceptors (Lipinski definition) is 3. The van der Waals surface area contributed by atoms with Crippen molar-refractivity contribution in [2.24, 2.45) is 5.92 Å². The van der Waals surface area contributed by atoms with Gasteiger partial charge in [0.05, 0.1) is 15.9 Å². The second-order valence-electron chi connectivity index (χ2n) is 1.80. The maximum Gasteiger partial charge on any atom is 0.151 e. The van der Waals surface area contributed by atoms with Crippen molar-refractivity contribution in [2.45, 2.75) is 6.92 Å². The van der Waals surface area contributed by atoms with E-state index < -0.39 is 0 Å². The van der Waals surface area contributed by atoms with E-state index in [1.54, 1.807) is 0 Å². The van der Waals surface area contributed by atoms with Gasteiger partial charge in [0.25, 0.3) is 0 Å². The number of Topliss-reactive ketones (excluding diaryl/α,β-unsaturated/α-hetero) is 1. The first-order valence-corrected chi connectivity index (χ1v) is 3.80. The van der Waals surface area contributed by atoms with Crippen LogP contribution in [0.4, 0.5) is 0 Å². The standard InChI is InChI=1S/C5H6OS2/c1-3-4(6)2-8-5(3)7/h3H,2H2,1H3. The summed E-state index contributed by atoms with van der Waals surface area (Å²) in [6, 6.07) is 0. The average Bonchev–Trinajstić information content (AvgIpc) is 1.98. The average molecular weight is 146 g/mol. The molecule has 1 aliphatic rings. The summed E-state index contributed by atoms with van der Waals surface area (Å²) in [4.78, 5) is 10.7. The Bertz CT molecular complexity index is 125. The Kier molecular flexibility index (Phi) is 1.68. The lowest BCUT2D eigenvalue weighted by molar-refractivity contribution is -0.117. The van der Waals surface area contributed by atoms with Crippen molar-refractivity contribution >= 4 is 34.0 Å². The van der Waals surface area contributed by atoms with Crippen molar-refractivity contribution in [3.63, 3.8) is 0 Å². The molecule has 0 aromatic rings. The first-order valence-electron chi connectivity index (χ1n) is 2.41. The van der Waals surface area contributed by atoms with Crippen LogP contribution in [0, 0.1) is 5.92 Å². The van der Waals surface area contributed by atoms with E-state index in [2.05, 4.69) is 0 Å². The van der Waals surface area contributed by atoms with Crippen LogP contribution in [-0.4, -0.2) is 15.7 Å². The summed E-state index contributed by atoms with van der Waals surface area (Å²) < 4.78 is 0.856. The van der Waals surface area contributed by atoms with E-state index in [-0.39, 0.29) is 11.7 Å². The Hall–Kier alpha value is 0.110. The van der Waals surface area contributed by atoms with Crippen LogP contribution in [0.5, 0.6) is 0 Å². The number of thioether (sulfide) groups is 1. The molecule has 0 spiro atoms. The number of carbonyl (C=O) groups is 1. The topological polar surface area (TPSA) is 17.1 Å². The summed E-state index contributed by atoms with van der Waals surface area (Å²) in [5.74, 6) is 0.912. The van der Waals surface area contributed by atoms with Crippen LogP contribution < -0.4 is 0 Å². The Balaban J connectivity index is 2.70. The summed E-state index contributed by atoms with van der Waals surface area (Å²) in [7, 11) is 0. The van der Waals surface area contributed by atoms with E-state index in [4.69, 9.17) is 12.2 Å². The van der Waals surface area contributed by atoms with Gasteiger partial charge in [-0.1, -0.05) is 19.1 Å². The molecule has 8 heavy (non-hydrogen) atoms. The summed E-state index contributed by atoms with van der Waals surface area (Å²) in [6.45, 7) is 1.87. The molecule has 0 radical (unpaired) electrons. The van der Waals surface area contributed by atoms with Crippen LogP contribution in [0.2, 0.25) is 0 Å². The molecule has 0 bridgehead atoms. The number of thiocarbonyl (C=S) groups is 1. The molecule has 1 atom stereocenters. The molecule has 0 amide bonds. The van der Waals surface area contributed by atoms with Crippen LogP contribution >= 0.6 is 24.0 Å².